The third kappa shape index (κ3) is 15.4. The Morgan fingerprint density at radius 2 is 1.32 bits per heavy atom. The molecule has 3 rings (SSSR count). The average Bonchev–Trinajstić information content (AvgIpc) is 3.03. The standard InChI is InChI=1S/C30H33FN4O5.C2HF3O2/c31-25-15-9-21(10-16-25)19-34-30(40)32-17-5-4-8-27(36)33-20-28(37)35-26(18-29(38)39)24-13-11-23(12-14-24)22-6-2-1-3-7-22;3-2(4,5)1(6)7/h1-3,6-7,9-16,26H,4-5,8,17-20H2,(H,33,36)(H,35,37)(H,38,39)(H2,32,34,40);(H,6,7). The van der Waals surface area contributed by atoms with Gasteiger partial charge in [-0.05, 0) is 47.2 Å². The summed E-state index contributed by atoms with van der Waals surface area (Å²) in [4.78, 5) is 56.7. The predicted molar refractivity (Wildman–Crippen MR) is 162 cm³/mol. The predicted octanol–water partition coefficient (Wildman–Crippen LogP) is 4.54. The molecule has 3 aromatic carbocycles. The molecule has 0 heterocycles. The number of aliphatic carboxylic acids is 2. The Kier molecular flexibility index (Phi) is 15.4. The van der Waals surface area contributed by atoms with Gasteiger partial charge in [0.2, 0.25) is 11.8 Å². The van der Waals surface area contributed by atoms with Crippen LogP contribution in [0, 0.1) is 5.82 Å². The third-order valence-electron chi connectivity index (χ3n) is 6.31. The number of carboxylic acids is 2. The van der Waals surface area contributed by atoms with E-state index in [0.29, 0.717) is 24.9 Å². The lowest BCUT2D eigenvalue weighted by Gasteiger charge is -2.18. The van der Waals surface area contributed by atoms with Gasteiger partial charge in [0.25, 0.3) is 0 Å². The topological polar surface area (TPSA) is 174 Å². The molecular formula is C32H34F4N4O7. The highest BCUT2D eigenvalue weighted by Gasteiger charge is 2.38. The smallest absolute Gasteiger partial charge is 0.481 e. The van der Waals surface area contributed by atoms with Crippen LogP contribution in [0.3, 0.4) is 0 Å². The largest absolute Gasteiger partial charge is 0.490 e. The molecule has 6 N–H and O–H groups in total. The van der Waals surface area contributed by atoms with Gasteiger partial charge in [-0.1, -0.05) is 66.7 Å². The maximum atomic E-state index is 12.9. The van der Waals surface area contributed by atoms with E-state index >= 15 is 0 Å². The van der Waals surface area contributed by atoms with Gasteiger partial charge in [0.05, 0.1) is 19.0 Å². The molecule has 1 unspecified atom stereocenters. The first-order valence-electron chi connectivity index (χ1n) is 14.2. The second kappa shape index (κ2) is 19.1. The lowest BCUT2D eigenvalue weighted by atomic mass is 9.99. The zero-order valence-corrected chi connectivity index (χ0v) is 25.0. The van der Waals surface area contributed by atoms with E-state index in [1.54, 1.807) is 24.3 Å². The quantitative estimate of drug-likeness (QED) is 0.109. The molecule has 0 aromatic heterocycles. The first-order valence-corrected chi connectivity index (χ1v) is 14.2. The molecule has 0 bridgehead atoms. The first-order chi connectivity index (χ1) is 22.2. The lowest BCUT2D eigenvalue weighted by molar-refractivity contribution is -0.192. The SMILES string of the molecule is O=C(O)C(F)(F)F.O=C(O)CC(NC(=O)CNC(=O)CCCCNC(=O)NCc1ccc(F)cc1)c1ccc(-c2ccccc2)cc1. The number of urea groups is 1. The van der Waals surface area contributed by atoms with E-state index in [0.717, 1.165) is 16.7 Å². The Balaban J connectivity index is 0.000000984. The van der Waals surface area contributed by atoms with E-state index in [4.69, 9.17) is 9.90 Å². The van der Waals surface area contributed by atoms with Crippen LogP contribution < -0.4 is 21.3 Å². The van der Waals surface area contributed by atoms with Gasteiger partial charge >= 0.3 is 24.1 Å². The van der Waals surface area contributed by atoms with Crippen LogP contribution in [0.5, 0.6) is 0 Å². The van der Waals surface area contributed by atoms with Gasteiger partial charge in [0.15, 0.2) is 0 Å². The van der Waals surface area contributed by atoms with Gasteiger partial charge in [-0.15, -0.1) is 0 Å². The highest BCUT2D eigenvalue weighted by atomic mass is 19.4. The number of unbranched alkanes of at least 4 members (excludes halogenated alkanes) is 1. The Bertz CT molecular complexity index is 1470. The number of amides is 4. The molecule has 15 heteroatoms. The summed E-state index contributed by atoms with van der Waals surface area (Å²) in [6.07, 6.45) is -4.15. The van der Waals surface area contributed by atoms with E-state index in [2.05, 4.69) is 21.3 Å². The molecule has 1 atom stereocenters. The van der Waals surface area contributed by atoms with E-state index in [1.807, 2.05) is 42.5 Å². The van der Waals surface area contributed by atoms with Crippen LogP contribution in [0.2, 0.25) is 0 Å². The zero-order valence-electron chi connectivity index (χ0n) is 25.0. The third-order valence-corrected chi connectivity index (χ3v) is 6.31. The summed E-state index contributed by atoms with van der Waals surface area (Å²) < 4.78 is 44.7. The molecule has 0 aliphatic heterocycles. The minimum absolute atomic E-state index is 0.172. The van der Waals surface area contributed by atoms with Crippen molar-refractivity contribution in [1.82, 2.24) is 21.3 Å². The van der Waals surface area contributed by atoms with Crippen molar-refractivity contribution in [3.8, 4) is 11.1 Å². The van der Waals surface area contributed by atoms with Crippen molar-refractivity contribution in [3.63, 3.8) is 0 Å². The summed E-state index contributed by atoms with van der Waals surface area (Å²) in [6.45, 7) is 0.354. The number of benzene rings is 3. The monoisotopic (exact) mass is 662 g/mol. The number of carbonyl (C=O) groups excluding carboxylic acids is 3. The van der Waals surface area contributed by atoms with Crippen molar-refractivity contribution in [2.75, 3.05) is 13.1 Å². The molecule has 0 fully saturated rings. The molecule has 4 amide bonds. The fourth-order valence-corrected chi connectivity index (χ4v) is 3.94. The van der Waals surface area contributed by atoms with Crippen molar-refractivity contribution < 1.29 is 51.7 Å². The van der Waals surface area contributed by atoms with E-state index in [-0.39, 0.29) is 43.7 Å². The molecule has 0 spiro atoms. The van der Waals surface area contributed by atoms with Crippen LogP contribution in [0.15, 0.2) is 78.9 Å². The summed E-state index contributed by atoms with van der Waals surface area (Å²) in [6, 6.07) is 21.8. The minimum atomic E-state index is -5.08. The Labute approximate surface area is 267 Å². The molecule has 0 saturated heterocycles. The number of alkyl halides is 3. The van der Waals surface area contributed by atoms with Crippen molar-refractivity contribution in [3.05, 3.63) is 95.8 Å². The lowest BCUT2D eigenvalue weighted by Crippen LogP contribution is -2.39. The molecule has 3 aromatic rings. The fourth-order valence-electron chi connectivity index (χ4n) is 3.94. The van der Waals surface area contributed by atoms with E-state index < -0.39 is 30.1 Å². The van der Waals surface area contributed by atoms with Crippen molar-refractivity contribution >= 4 is 29.8 Å². The maximum absolute atomic E-state index is 12.9. The van der Waals surface area contributed by atoms with Gasteiger partial charge in [-0.3, -0.25) is 14.4 Å². The molecular weight excluding hydrogens is 628 g/mol. The summed E-state index contributed by atoms with van der Waals surface area (Å²) >= 11 is 0. The first kappa shape index (κ1) is 37.7. The molecule has 0 aliphatic rings. The molecule has 0 saturated carbocycles. The fraction of sp³-hybridized carbons (Fsp3) is 0.281. The van der Waals surface area contributed by atoms with Gasteiger partial charge < -0.3 is 31.5 Å². The van der Waals surface area contributed by atoms with Gasteiger partial charge in [-0.25, -0.2) is 14.0 Å². The van der Waals surface area contributed by atoms with Crippen molar-refractivity contribution in [1.29, 1.82) is 0 Å². The van der Waals surface area contributed by atoms with Crippen LogP contribution in [0.1, 0.15) is 42.9 Å². The molecule has 0 radical (unpaired) electrons. The Hall–Kier alpha value is -5.47. The molecule has 11 nitrogen and oxygen atoms in total. The minimum Gasteiger partial charge on any atom is -0.481 e. The average molecular weight is 663 g/mol. The molecule has 252 valence electrons. The Morgan fingerprint density at radius 3 is 1.89 bits per heavy atom. The molecule has 0 aliphatic carbocycles. The summed E-state index contributed by atoms with van der Waals surface area (Å²) in [7, 11) is 0. The normalized spacial score (nSPS) is 11.2. The van der Waals surface area contributed by atoms with Gasteiger partial charge in [0, 0.05) is 19.5 Å². The van der Waals surface area contributed by atoms with Gasteiger partial charge in [-0.2, -0.15) is 13.2 Å². The van der Waals surface area contributed by atoms with Crippen LogP contribution in [-0.4, -0.2) is 59.3 Å². The number of rotatable bonds is 14. The zero-order chi connectivity index (χ0) is 34.8. The van der Waals surface area contributed by atoms with Gasteiger partial charge in [0.1, 0.15) is 5.82 Å². The highest BCUT2D eigenvalue weighted by molar-refractivity contribution is 5.85. The number of hydrogen-bond donors (Lipinski definition) is 6. The van der Waals surface area contributed by atoms with Crippen LogP contribution in [0.4, 0.5) is 22.4 Å². The number of nitrogens with one attached hydrogen (secondary N) is 4. The maximum Gasteiger partial charge on any atom is 0.490 e. The number of halogens is 4. The van der Waals surface area contributed by atoms with Crippen LogP contribution in [0.25, 0.3) is 11.1 Å². The summed E-state index contributed by atoms with van der Waals surface area (Å²) in [5, 5.41) is 27.0. The number of carboxylic acid groups (broad SMARTS) is 2. The van der Waals surface area contributed by atoms with Crippen LogP contribution in [-0.2, 0) is 25.7 Å². The van der Waals surface area contributed by atoms with Crippen molar-refractivity contribution in [2.24, 2.45) is 0 Å². The second-order valence-corrected chi connectivity index (χ2v) is 9.98. The highest BCUT2D eigenvalue weighted by Crippen LogP contribution is 2.23. The van der Waals surface area contributed by atoms with E-state index in [9.17, 15) is 41.8 Å². The number of hydrogen-bond acceptors (Lipinski definition) is 5. The second-order valence-electron chi connectivity index (χ2n) is 9.98. The van der Waals surface area contributed by atoms with E-state index in [1.165, 1.54) is 12.1 Å². The summed E-state index contributed by atoms with van der Waals surface area (Å²) in [5.41, 5.74) is 3.41. The number of carbonyl (C=O) groups is 5. The molecule has 47 heavy (non-hydrogen) atoms. The van der Waals surface area contributed by atoms with Crippen LogP contribution >= 0.6 is 0 Å². The van der Waals surface area contributed by atoms with Crippen molar-refractivity contribution in [2.45, 2.75) is 44.4 Å². The Morgan fingerprint density at radius 1 is 0.723 bits per heavy atom. The summed E-state index contributed by atoms with van der Waals surface area (Å²) in [5.74, 6) is -4.97.